The van der Waals surface area contributed by atoms with Gasteiger partial charge in [0.25, 0.3) is 0 Å². The fourth-order valence-electron chi connectivity index (χ4n) is 2.88. The lowest BCUT2D eigenvalue weighted by molar-refractivity contribution is -0.148. The van der Waals surface area contributed by atoms with E-state index in [0.717, 1.165) is 5.69 Å². The minimum absolute atomic E-state index is 0.176. The number of H-pyrrole nitrogens is 1. The Morgan fingerprint density at radius 1 is 1.08 bits per heavy atom. The van der Waals surface area contributed by atoms with Gasteiger partial charge in [-0.3, -0.25) is 9.59 Å². The topological polar surface area (TPSA) is 91.5 Å². The van der Waals surface area contributed by atoms with E-state index in [1.165, 1.54) is 0 Å². The largest absolute Gasteiger partial charge is 0.457 e. The van der Waals surface area contributed by atoms with Crippen LogP contribution in [-0.4, -0.2) is 47.4 Å². The van der Waals surface area contributed by atoms with Crippen LogP contribution in [0.15, 0.2) is 48.7 Å². The molecule has 0 radical (unpaired) electrons. The number of piperidine rings is 1. The van der Waals surface area contributed by atoms with Crippen molar-refractivity contribution in [2.45, 2.75) is 12.8 Å². The third-order valence-corrected chi connectivity index (χ3v) is 4.38. The monoisotopic (exact) mass is 355 g/mol. The number of ether oxygens (including phenoxy) is 1. The van der Waals surface area contributed by atoms with Gasteiger partial charge in [0.05, 0.1) is 11.6 Å². The molecule has 1 aromatic carbocycles. The molecule has 1 aliphatic heterocycles. The summed E-state index contributed by atoms with van der Waals surface area (Å²) in [5.41, 5.74) is 1.16. The number of carbonyl (C=O) groups is 3. The minimum atomic E-state index is -0.381. The Balaban J connectivity index is 1.42. The molecule has 7 heteroatoms. The number of likely N-dealkylation sites (tertiary alicyclic amines) is 1. The smallest absolute Gasteiger partial charge is 0.321 e. The molecule has 0 aliphatic carbocycles. The number of amides is 2. The predicted octanol–water partition coefficient (Wildman–Crippen LogP) is 2.68. The number of nitrogens with one attached hydrogen (secondary N) is 2. The molecule has 3 rings (SSSR count). The maximum Gasteiger partial charge on any atom is 0.321 e. The van der Waals surface area contributed by atoms with E-state index in [4.69, 9.17) is 4.74 Å². The number of anilines is 1. The highest BCUT2D eigenvalue weighted by Gasteiger charge is 2.28. The molecule has 1 saturated heterocycles. The Kier molecular flexibility index (Phi) is 5.68. The second kappa shape index (κ2) is 8.33. The van der Waals surface area contributed by atoms with Gasteiger partial charge < -0.3 is 19.9 Å². The fraction of sp³-hybridized carbons (Fsp3) is 0.316. The van der Waals surface area contributed by atoms with Gasteiger partial charge in [0.15, 0.2) is 6.61 Å². The Morgan fingerprint density at radius 3 is 2.46 bits per heavy atom. The fourth-order valence-corrected chi connectivity index (χ4v) is 2.88. The minimum Gasteiger partial charge on any atom is -0.457 e. The maximum atomic E-state index is 12.2. The highest BCUT2D eigenvalue weighted by molar-refractivity contribution is 5.96. The van der Waals surface area contributed by atoms with Crippen LogP contribution < -0.4 is 5.32 Å². The zero-order chi connectivity index (χ0) is 18.4. The molecule has 2 heterocycles. The molecule has 0 spiro atoms. The molecular weight excluding hydrogens is 334 g/mol. The summed E-state index contributed by atoms with van der Waals surface area (Å²) in [5, 5.41) is 2.83. The van der Waals surface area contributed by atoms with Crippen LogP contribution in [0.25, 0.3) is 0 Å². The molecule has 2 N–H and O–H groups in total. The van der Waals surface area contributed by atoms with Crippen LogP contribution in [-0.2, 0) is 9.53 Å². The first-order chi connectivity index (χ1) is 12.6. The molecule has 0 bridgehead atoms. The van der Waals surface area contributed by atoms with Crippen molar-refractivity contribution in [3.63, 3.8) is 0 Å². The van der Waals surface area contributed by atoms with Crippen molar-refractivity contribution in [2.75, 3.05) is 25.0 Å². The van der Waals surface area contributed by atoms with Crippen molar-refractivity contribution in [3.8, 4) is 0 Å². The Morgan fingerprint density at radius 2 is 1.81 bits per heavy atom. The highest BCUT2D eigenvalue weighted by atomic mass is 16.5. The number of urea groups is 1. The lowest BCUT2D eigenvalue weighted by Gasteiger charge is -2.30. The number of ketones is 1. The van der Waals surface area contributed by atoms with Crippen LogP contribution >= 0.6 is 0 Å². The second-order valence-corrected chi connectivity index (χ2v) is 6.17. The molecule has 0 saturated carbocycles. The molecule has 136 valence electrons. The zero-order valence-corrected chi connectivity index (χ0v) is 14.3. The number of aromatic amines is 1. The number of esters is 1. The number of hydrogen-bond donors (Lipinski definition) is 2. The number of nitrogens with zero attached hydrogens (tertiary/aromatic N) is 1. The van der Waals surface area contributed by atoms with E-state index in [2.05, 4.69) is 10.3 Å². The molecule has 1 aromatic heterocycles. The van der Waals surface area contributed by atoms with Gasteiger partial charge in [-0.2, -0.15) is 0 Å². The SMILES string of the molecule is O=C(COC(=O)C1CCN(C(=O)Nc2ccccc2)CC1)c1ccc[nH]1. The van der Waals surface area contributed by atoms with Gasteiger partial charge in [0, 0.05) is 25.0 Å². The van der Waals surface area contributed by atoms with Crippen molar-refractivity contribution in [3.05, 3.63) is 54.4 Å². The number of benzene rings is 1. The molecule has 0 atom stereocenters. The average molecular weight is 355 g/mol. The van der Waals surface area contributed by atoms with Crippen molar-refractivity contribution in [2.24, 2.45) is 5.92 Å². The maximum absolute atomic E-state index is 12.2. The second-order valence-electron chi connectivity index (χ2n) is 6.17. The van der Waals surface area contributed by atoms with Crippen molar-refractivity contribution < 1.29 is 19.1 Å². The van der Waals surface area contributed by atoms with Gasteiger partial charge in [0.2, 0.25) is 5.78 Å². The summed E-state index contributed by atoms with van der Waals surface area (Å²) >= 11 is 0. The molecule has 7 nitrogen and oxygen atoms in total. The number of rotatable bonds is 5. The van der Waals surface area contributed by atoms with E-state index in [-0.39, 0.29) is 30.3 Å². The summed E-state index contributed by atoms with van der Waals surface area (Å²) in [6.45, 7) is 0.681. The summed E-state index contributed by atoms with van der Waals surface area (Å²) in [6.07, 6.45) is 2.70. The first-order valence-electron chi connectivity index (χ1n) is 8.57. The van der Waals surface area contributed by atoms with E-state index in [1.807, 2.05) is 30.3 Å². The third-order valence-electron chi connectivity index (χ3n) is 4.38. The van der Waals surface area contributed by atoms with Crippen LogP contribution in [0.1, 0.15) is 23.3 Å². The highest BCUT2D eigenvalue weighted by Crippen LogP contribution is 2.20. The van der Waals surface area contributed by atoms with Crippen LogP contribution in [0.5, 0.6) is 0 Å². The van der Waals surface area contributed by atoms with Gasteiger partial charge in [-0.05, 0) is 37.1 Å². The average Bonchev–Trinajstić information content (AvgIpc) is 3.21. The van der Waals surface area contributed by atoms with E-state index in [1.54, 1.807) is 23.2 Å². The summed E-state index contributed by atoms with van der Waals surface area (Å²) in [6, 6.07) is 12.4. The van der Waals surface area contributed by atoms with Gasteiger partial charge in [-0.25, -0.2) is 4.79 Å². The van der Waals surface area contributed by atoms with Gasteiger partial charge in [-0.15, -0.1) is 0 Å². The quantitative estimate of drug-likeness (QED) is 0.637. The van der Waals surface area contributed by atoms with Crippen LogP contribution in [0, 0.1) is 5.92 Å². The normalized spacial score (nSPS) is 14.7. The standard InChI is InChI=1S/C19H21N3O4/c23-17(16-7-4-10-20-16)13-26-18(24)14-8-11-22(12-9-14)19(25)21-15-5-2-1-3-6-15/h1-7,10,14,20H,8-9,11-13H2,(H,21,25). The lowest BCUT2D eigenvalue weighted by Crippen LogP contribution is -2.42. The molecule has 0 unspecified atom stereocenters. The number of Topliss-reactive ketones (excluding diaryl/α,β-unsaturated/α-hetero) is 1. The van der Waals surface area contributed by atoms with E-state index in [0.29, 0.717) is 31.6 Å². The van der Waals surface area contributed by atoms with E-state index in [9.17, 15) is 14.4 Å². The number of aromatic nitrogens is 1. The zero-order valence-electron chi connectivity index (χ0n) is 14.3. The number of carbonyl (C=O) groups excluding carboxylic acids is 3. The Hall–Kier alpha value is -3.09. The molecule has 2 amide bonds. The van der Waals surface area contributed by atoms with Crippen molar-refractivity contribution >= 4 is 23.5 Å². The van der Waals surface area contributed by atoms with Gasteiger partial charge in [-0.1, -0.05) is 18.2 Å². The molecule has 2 aromatic rings. The van der Waals surface area contributed by atoms with E-state index < -0.39 is 0 Å². The summed E-state index contributed by atoms with van der Waals surface area (Å²) < 4.78 is 5.13. The first kappa shape index (κ1) is 17.7. The molecule has 26 heavy (non-hydrogen) atoms. The number of hydrogen-bond acceptors (Lipinski definition) is 4. The van der Waals surface area contributed by atoms with Gasteiger partial charge in [0.1, 0.15) is 0 Å². The van der Waals surface area contributed by atoms with Gasteiger partial charge >= 0.3 is 12.0 Å². The third kappa shape index (κ3) is 4.50. The Labute approximate surface area is 151 Å². The molecule has 1 fully saturated rings. The lowest BCUT2D eigenvalue weighted by atomic mass is 9.97. The summed E-state index contributed by atoms with van der Waals surface area (Å²) in [7, 11) is 0. The summed E-state index contributed by atoms with van der Waals surface area (Å²) in [5.74, 6) is -0.928. The van der Waals surface area contributed by atoms with Crippen LogP contribution in [0.2, 0.25) is 0 Å². The van der Waals surface area contributed by atoms with Crippen LogP contribution in [0.3, 0.4) is 0 Å². The van der Waals surface area contributed by atoms with Crippen molar-refractivity contribution in [1.29, 1.82) is 0 Å². The summed E-state index contributed by atoms with van der Waals surface area (Å²) in [4.78, 5) is 40.7. The Bertz CT molecular complexity index is 750. The van der Waals surface area contributed by atoms with Crippen molar-refractivity contribution in [1.82, 2.24) is 9.88 Å². The van der Waals surface area contributed by atoms with E-state index >= 15 is 0 Å². The molecular formula is C19H21N3O4. The van der Waals surface area contributed by atoms with Crippen LogP contribution in [0.4, 0.5) is 10.5 Å². The predicted molar refractivity (Wildman–Crippen MR) is 95.8 cm³/mol. The number of para-hydroxylation sites is 1. The molecule has 1 aliphatic rings. The first-order valence-corrected chi connectivity index (χ1v) is 8.57.